The van der Waals surface area contributed by atoms with Crippen molar-refractivity contribution < 1.29 is 13.2 Å². The van der Waals surface area contributed by atoms with Gasteiger partial charge in [0.15, 0.2) is 0 Å². The molecule has 1 fully saturated rings. The second-order valence-electron chi connectivity index (χ2n) is 5.46. The van der Waals surface area contributed by atoms with Gasteiger partial charge in [0.25, 0.3) is 0 Å². The highest BCUT2D eigenvalue weighted by atomic mass is 19.4. The Kier molecular flexibility index (Phi) is 4.65. The second-order valence-corrected chi connectivity index (χ2v) is 5.46. The van der Waals surface area contributed by atoms with E-state index in [1.807, 2.05) is 0 Å². The topological polar surface area (TPSA) is 12.0 Å². The maximum absolute atomic E-state index is 11.9. The molecule has 0 aromatic heterocycles. The molecule has 1 atom stereocenters. The fourth-order valence-electron chi connectivity index (χ4n) is 2.44. The molecule has 0 spiro atoms. The van der Waals surface area contributed by atoms with Crippen molar-refractivity contribution in [3.63, 3.8) is 0 Å². The van der Waals surface area contributed by atoms with E-state index in [-0.39, 0.29) is 11.8 Å². The summed E-state index contributed by atoms with van der Waals surface area (Å²) in [6.07, 6.45) is 0.212. The molecule has 0 aliphatic heterocycles. The van der Waals surface area contributed by atoms with Crippen molar-refractivity contribution in [3.05, 3.63) is 0 Å². The van der Waals surface area contributed by atoms with Crippen LogP contribution in [0.1, 0.15) is 52.4 Å². The van der Waals surface area contributed by atoms with Crippen LogP contribution in [0.4, 0.5) is 13.2 Å². The first-order chi connectivity index (χ1) is 7.31. The third kappa shape index (κ3) is 4.73. The van der Waals surface area contributed by atoms with Crippen molar-refractivity contribution in [2.75, 3.05) is 6.54 Å². The molecular formula is C12H22F3N. The van der Waals surface area contributed by atoms with Crippen LogP contribution < -0.4 is 5.32 Å². The van der Waals surface area contributed by atoms with Crippen LogP contribution in [0.3, 0.4) is 0 Å². The first-order valence-electron chi connectivity index (χ1n) is 6.11. The van der Waals surface area contributed by atoms with Gasteiger partial charge in [-0.25, -0.2) is 0 Å². The summed E-state index contributed by atoms with van der Waals surface area (Å²) < 4.78 is 35.8. The van der Waals surface area contributed by atoms with E-state index >= 15 is 0 Å². The third-order valence-electron chi connectivity index (χ3n) is 3.54. The molecule has 0 radical (unpaired) electrons. The lowest BCUT2D eigenvalue weighted by molar-refractivity contribution is -0.135. The summed E-state index contributed by atoms with van der Waals surface area (Å²) in [4.78, 5) is 0. The molecule has 1 aliphatic rings. The molecule has 0 saturated heterocycles. The fraction of sp³-hybridized carbons (Fsp3) is 1.00. The van der Waals surface area contributed by atoms with E-state index in [1.165, 1.54) is 19.3 Å². The van der Waals surface area contributed by atoms with E-state index in [2.05, 4.69) is 19.2 Å². The molecule has 0 bridgehead atoms. The molecule has 4 heteroatoms. The molecule has 1 rings (SSSR count). The Balaban J connectivity index is 2.21. The van der Waals surface area contributed by atoms with Gasteiger partial charge in [0.1, 0.15) is 0 Å². The molecule has 0 aromatic carbocycles. The highest BCUT2D eigenvalue weighted by molar-refractivity contribution is 4.87. The minimum absolute atomic E-state index is 0.191. The predicted octanol–water partition coefficient (Wildman–Crippen LogP) is 3.89. The van der Waals surface area contributed by atoms with Gasteiger partial charge in [-0.2, -0.15) is 13.2 Å². The molecule has 1 saturated carbocycles. The first kappa shape index (κ1) is 13.8. The van der Waals surface area contributed by atoms with Crippen molar-refractivity contribution in [1.29, 1.82) is 0 Å². The maximum atomic E-state index is 11.9. The molecule has 96 valence electrons. The minimum Gasteiger partial charge on any atom is -0.313 e. The van der Waals surface area contributed by atoms with Gasteiger partial charge in [-0.3, -0.25) is 0 Å². The van der Waals surface area contributed by atoms with Crippen molar-refractivity contribution >= 4 is 0 Å². The standard InChI is InChI=1S/C12H22F3N/c1-11(2)7-4-3-6-10(11)16-9-5-8-12(13,14)15/h10,16H,3-9H2,1-2H3. The van der Waals surface area contributed by atoms with Gasteiger partial charge in [0, 0.05) is 12.5 Å². The Labute approximate surface area is 95.8 Å². The van der Waals surface area contributed by atoms with Crippen molar-refractivity contribution in [3.8, 4) is 0 Å². The highest BCUT2D eigenvalue weighted by Crippen LogP contribution is 2.35. The largest absolute Gasteiger partial charge is 0.389 e. The SMILES string of the molecule is CC1(C)CCCCC1NCCCC(F)(F)F. The summed E-state index contributed by atoms with van der Waals surface area (Å²) in [5, 5.41) is 3.28. The lowest BCUT2D eigenvalue weighted by Crippen LogP contribution is -2.44. The quantitative estimate of drug-likeness (QED) is 0.731. The Hall–Kier alpha value is -0.250. The molecule has 1 aliphatic carbocycles. The zero-order valence-corrected chi connectivity index (χ0v) is 10.2. The molecule has 0 amide bonds. The molecule has 1 nitrogen and oxygen atoms in total. The Bertz CT molecular complexity index is 211. The number of nitrogens with one attached hydrogen (secondary N) is 1. The summed E-state index contributed by atoms with van der Waals surface area (Å²) in [7, 11) is 0. The van der Waals surface area contributed by atoms with E-state index in [4.69, 9.17) is 0 Å². The normalized spacial score (nSPS) is 25.7. The van der Waals surface area contributed by atoms with Crippen LogP contribution in [0.2, 0.25) is 0 Å². The van der Waals surface area contributed by atoms with E-state index in [0.29, 0.717) is 12.6 Å². The van der Waals surface area contributed by atoms with E-state index in [1.54, 1.807) is 0 Å². The van der Waals surface area contributed by atoms with Crippen LogP contribution in [0.25, 0.3) is 0 Å². The third-order valence-corrected chi connectivity index (χ3v) is 3.54. The summed E-state index contributed by atoms with van der Waals surface area (Å²) in [5.74, 6) is 0. The predicted molar refractivity (Wildman–Crippen MR) is 59.3 cm³/mol. The summed E-state index contributed by atoms with van der Waals surface area (Å²) >= 11 is 0. The fourth-order valence-corrected chi connectivity index (χ4v) is 2.44. The second kappa shape index (κ2) is 5.39. The van der Waals surface area contributed by atoms with Crippen molar-refractivity contribution in [1.82, 2.24) is 5.32 Å². The van der Waals surface area contributed by atoms with E-state index < -0.39 is 12.6 Å². The Morgan fingerprint density at radius 1 is 1.25 bits per heavy atom. The van der Waals surface area contributed by atoms with Crippen LogP contribution in [0.15, 0.2) is 0 Å². The van der Waals surface area contributed by atoms with Crippen molar-refractivity contribution in [2.45, 2.75) is 64.6 Å². The minimum atomic E-state index is -4.01. The Morgan fingerprint density at radius 2 is 1.94 bits per heavy atom. The Morgan fingerprint density at radius 3 is 2.50 bits per heavy atom. The van der Waals surface area contributed by atoms with E-state index in [9.17, 15) is 13.2 Å². The molecule has 16 heavy (non-hydrogen) atoms. The van der Waals surface area contributed by atoms with Crippen LogP contribution >= 0.6 is 0 Å². The van der Waals surface area contributed by atoms with Gasteiger partial charge in [-0.1, -0.05) is 26.7 Å². The smallest absolute Gasteiger partial charge is 0.313 e. The van der Waals surface area contributed by atoms with Gasteiger partial charge in [-0.05, 0) is 31.2 Å². The monoisotopic (exact) mass is 237 g/mol. The van der Waals surface area contributed by atoms with Gasteiger partial charge in [0.05, 0.1) is 0 Å². The van der Waals surface area contributed by atoms with Gasteiger partial charge in [0.2, 0.25) is 0 Å². The lowest BCUT2D eigenvalue weighted by atomic mass is 9.73. The van der Waals surface area contributed by atoms with Crippen molar-refractivity contribution in [2.24, 2.45) is 5.41 Å². The van der Waals surface area contributed by atoms with Crippen LogP contribution in [0.5, 0.6) is 0 Å². The number of hydrogen-bond acceptors (Lipinski definition) is 1. The number of hydrogen-bond donors (Lipinski definition) is 1. The van der Waals surface area contributed by atoms with Gasteiger partial charge >= 0.3 is 6.18 Å². The molecule has 1 unspecified atom stereocenters. The molecule has 0 heterocycles. The first-order valence-corrected chi connectivity index (χ1v) is 6.11. The zero-order chi connectivity index (χ0) is 12.2. The average molecular weight is 237 g/mol. The van der Waals surface area contributed by atoms with Gasteiger partial charge < -0.3 is 5.32 Å². The van der Waals surface area contributed by atoms with Crippen LogP contribution in [0, 0.1) is 5.41 Å². The van der Waals surface area contributed by atoms with Crippen LogP contribution in [-0.4, -0.2) is 18.8 Å². The molecule has 1 N–H and O–H groups in total. The van der Waals surface area contributed by atoms with Crippen LogP contribution in [-0.2, 0) is 0 Å². The maximum Gasteiger partial charge on any atom is 0.389 e. The summed E-state index contributed by atoms with van der Waals surface area (Å²) in [6.45, 7) is 4.88. The van der Waals surface area contributed by atoms with Gasteiger partial charge in [-0.15, -0.1) is 0 Å². The summed E-state index contributed by atoms with van der Waals surface area (Å²) in [5.41, 5.74) is 0.233. The zero-order valence-electron chi connectivity index (χ0n) is 10.2. The highest BCUT2D eigenvalue weighted by Gasteiger charge is 2.32. The van der Waals surface area contributed by atoms with E-state index in [0.717, 1.165) is 6.42 Å². The number of halogens is 3. The lowest BCUT2D eigenvalue weighted by Gasteiger charge is -2.39. The number of alkyl halides is 3. The molecule has 0 aromatic rings. The molecular weight excluding hydrogens is 215 g/mol. The average Bonchev–Trinajstić information content (AvgIpc) is 2.12. The number of rotatable bonds is 4. The summed E-state index contributed by atoms with van der Waals surface area (Å²) in [6, 6.07) is 0.384.